The maximum absolute atomic E-state index is 12.0. The lowest BCUT2D eigenvalue weighted by Crippen LogP contribution is -2.43. The van der Waals surface area contributed by atoms with Crippen molar-refractivity contribution in [1.82, 2.24) is 4.31 Å². The fourth-order valence-electron chi connectivity index (χ4n) is 1.51. The summed E-state index contributed by atoms with van der Waals surface area (Å²) in [7, 11) is -0.0648. The molecule has 0 spiro atoms. The molecule has 0 bridgehead atoms. The van der Waals surface area contributed by atoms with Crippen molar-refractivity contribution in [2.75, 3.05) is 39.7 Å². The van der Waals surface area contributed by atoms with E-state index in [-0.39, 0.29) is 11.8 Å². The predicted octanol–water partition coefficient (Wildman–Crippen LogP) is 0.710. The minimum absolute atomic E-state index is 0.156. The molecule has 0 aliphatic rings. The second-order valence-electron chi connectivity index (χ2n) is 3.72. The lowest BCUT2D eigenvalue weighted by Gasteiger charge is -2.27. The third-order valence-electron chi connectivity index (χ3n) is 2.23. The Bertz CT molecular complexity index is 266. The lowest BCUT2D eigenvalue weighted by atomic mass is 10.3. The van der Waals surface area contributed by atoms with Gasteiger partial charge >= 0.3 is 0 Å². The summed E-state index contributed by atoms with van der Waals surface area (Å²) in [5.41, 5.74) is 0. The van der Waals surface area contributed by atoms with E-state index >= 15 is 0 Å². The number of hydrogen-bond donors (Lipinski definition) is 0. The van der Waals surface area contributed by atoms with Crippen molar-refractivity contribution in [2.45, 2.75) is 26.3 Å². The van der Waals surface area contributed by atoms with Gasteiger partial charge in [-0.3, -0.25) is 0 Å². The molecule has 0 fully saturated rings. The molecule has 1 unspecified atom stereocenters. The summed E-state index contributed by atoms with van der Waals surface area (Å²) in [4.78, 5) is 0. The van der Waals surface area contributed by atoms with Crippen LogP contribution < -0.4 is 0 Å². The normalized spacial score (nSPS) is 14.3. The van der Waals surface area contributed by atoms with Gasteiger partial charge in [0.1, 0.15) is 0 Å². The summed E-state index contributed by atoms with van der Waals surface area (Å²) < 4.78 is 35.3. The molecule has 0 aliphatic heterocycles. The molecule has 6 heteroatoms. The first-order chi connectivity index (χ1) is 7.49. The lowest BCUT2D eigenvalue weighted by molar-refractivity contribution is 0.119. The van der Waals surface area contributed by atoms with Gasteiger partial charge in [0.15, 0.2) is 0 Å². The van der Waals surface area contributed by atoms with Crippen LogP contribution in [0.3, 0.4) is 0 Å². The first kappa shape index (κ1) is 15.8. The number of hydrogen-bond acceptors (Lipinski definition) is 4. The summed E-state index contributed by atoms with van der Waals surface area (Å²) in [6.07, 6.45) is 0.617. The number of nitrogens with zero attached hydrogens (tertiary/aromatic N) is 1. The third-order valence-corrected chi connectivity index (χ3v) is 4.42. The van der Waals surface area contributed by atoms with Crippen LogP contribution >= 0.6 is 0 Å². The van der Waals surface area contributed by atoms with Crippen molar-refractivity contribution in [3.8, 4) is 0 Å². The van der Waals surface area contributed by atoms with E-state index in [1.54, 1.807) is 14.2 Å². The quantitative estimate of drug-likeness (QED) is 0.607. The first-order valence-electron chi connectivity index (χ1n) is 5.47. The summed E-state index contributed by atoms with van der Waals surface area (Å²) in [6.45, 7) is 4.87. The molecule has 0 aromatic carbocycles. The standard InChI is InChI=1S/C10H23NO4S/c1-5-8-16(12,13)11(6-7-14-3)10(2)9-15-4/h10H,5-9H2,1-4H3. The van der Waals surface area contributed by atoms with Gasteiger partial charge in [0, 0.05) is 26.8 Å². The molecule has 98 valence electrons. The molecule has 0 radical (unpaired) electrons. The number of sulfonamides is 1. The Morgan fingerprint density at radius 2 is 1.88 bits per heavy atom. The first-order valence-corrected chi connectivity index (χ1v) is 7.07. The zero-order valence-electron chi connectivity index (χ0n) is 10.6. The fraction of sp³-hybridized carbons (Fsp3) is 1.00. The molecule has 0 aromatic rings. The van der Waals surface area contributed by atoms with Gasteiger partial charge in [-0.1, -0.05) is 6.92 Å². The SMILES string of the molecule is CCCS(=O)(=O)N(CCOC)C(C)COC. The minimum atomic E-state index is -3.19. The van der Waals surface area contributed by atoms with E-state index in [2.05, 4.69) is 0 Å². The van der Waals surface area contributed by atoms with E-state index in [9.17, 15) is 8.42 Å². The highest BCUT2D eigenvalue weighted by atomic mass is 32.2. The Kier molecular flexibility index (Phi) is 7.91. The highest BCUT2D eigenvalue weighted by Crippen LogP contribution is 2.09. The van der Waals surface area contributed by atoms with E-state index in [1.165, 1.54) is 4.31 Å². The van der Waals surface area contributed by atoms with Gasteiger partial charge < -0.3 is 9.47 Å². The molecule has 0 saturated carbocycles. The average Bonchev–Trinajstić information content (AvgIpc) is 2.18. The Morgan fingerprint density at radius 1 is 1.25 bits per heavy atom. The largest absolute Gasteiger partial charge is 0.383 e. The predicted molar refractivity (Wildman–Crippen MR) is 64.0 cm³/mol. The summed E-state index contributed by atoms with van der Waals surface area (Å²) in [6, 6.07) is -0.156. The van der Waals surface area contributed by atoms with Gasteiger partial charge in [-0.25, -0.2) is 8.42 Å². The van der Waals surface area contributed by atoms with Crippen LogP contribution in [0.1, 0.15) is 20.3 Å². The van der Waals surface area contributed by atoms with Crippen molar-refractivity contribution in [2.24, 2.45) is 0 Å². The smallest absolute Gasteiger partial charge is 0.214 e. The van der Waals surface area contributed by atoms with Crippen molar-refractivity contribution in [3.05, 3.63) is 0 Å². The van der Waals surface area contributed by atoms with Crippen LogP contribution in [0.5, 0.6) is 0 Å². The van der Waals surface area contributed by atoms with Crippen LogP contribution in [0.4, 0.5) is 0 Å². The van der Waals surface area contributed by atoms with Gasteiger partial charge in [-0.05, 0) is 13.3 Å². The van der Waals surface area contributed by atoms with Crippen LogP contribution in [0.2, 0.25) is 0 Å². The molecular weight excluding hydrogens is 230 g/mol. The Hall–Kier alpha value is -0.170. The molecule has 0 N–H and O–H groups in total. The molecule has 0 aliphatic carbocycles. The van der Waals surface area contributed by atoms with Crippen molar-refractivity contribution < 1.29 is 17.9 Å². The second-order valence-corrected chi connectivity index (χ2v) is 5.76. The molecule has 16 heavy (non-hydrogen) atoms. The van der Waals surface area contributed by atoms with Crippen LogP contribution in [0.15, 0.2) is 0 Å². The molecule has 0 amide bonds. The number of methoxy groups -OCH3 is 2. The van der Waals surface area contributed by atoms with Crippen LogP contribution in [-0.4, -0.2) is 58.5 Å². The number of ether oxygens (including phenoxy) is 2. The average molecular weight is 253 g/mol. The van der Waals surface area contributed by atoms with Gasteiger partial charge in [-0.15, -0.1) is 0 Å². The monoisotopic (exact) mass is 253 g/mol. The Morgan fingerprint density at radius 3 is 2.31 bits per heavy atom. The van der Waals surface area contributed by atoms with Crippen molar-refractivity contribution >= 4 is 10.0 Å². The zero-order chi connectivity index (χ0) is 12.6. The molecule has 0 heterocycles. The summed E-state index contributed by atoms with van der Waals surface area (Å²) in [5, 5.41) is 0. The van der Waals surface area contributed by atoms with E-state index in [4.69, 9.17) is 9.47 Å². The van der Waals surface area contributed by atoms with Gasteiger partial charge in [-0.2, -0.15) is 4.31 Å². The third kappa shape index (κ3) is 5.25. The second kappa shape index (κ2) is 8.00. The van der Waals surface area contributed by atoms with E-state index in [1.807, 2.05) is 13.8 Å². The molecule has 0 saturated heterocycles. The van der Waals surface area contributed by atoms with Crippen molar-refractivity contribution in [1.29, 1.82) is 0 Å². The van der Waals surface area contributed by atoms with E-state index < -0.39 is 10.0 Å². The van der Waals surface area contributed by atoms with Crippen LogP contribution in [0, 0.1) is 0 Å². The fourth-order valence-corrected chi connectivity index (χ4v) is 3.23. The molecule has 0 rings (SSSR count). The minimum Gasteiger partial charge on any atom is -0.383 e. The van der Waals surface area contributed by atoms with Gasteiger partial charge in [0.05, 0.1) is 19.0 Å². The molecule has 1 atom stereocenters. The van der Waals surface area contributed by atoms with E-state index in [0.717, 1.165) is 0 Å². The summed E-state index contributed by atoms with van der Waals surface area (Å²) in [5.74, 6) is 0.171. The Balaban J connectivity index is 4.64. The highest BCUT2D eigenvalue weighted by Gasteiger charge is 2.25. The highest BCUT2D eigenvalue weighted by molar-refractivity contribution is 7.89. The summed E-state index contributed by atoms with van der Waals surface area (Å²) >= 11 is 0. The van der Waals surface area contributed by atoms with Gasteiger partial charge in [0.2, 0.25) is 10.0 Å². The Labute approximate surface area is 98.8 Å². The zero-order valence-corrected chi connectivity index (χ0v) is 11.4. The maximum Gasteiger partial charge on any atom is 0.214 e. The van der Waals surface area contributed by atoms with Gasteiger partial charge in [0.25, 0.3) is 0 Å². The topological polar surface area (TPSA) is 55.8 Å². The maximum atomic E-state index is 12.0. The molecular formula is C10H23NO4S. The molecule has 0 aromatic heterocycles. The molecule has 5 nitrogen and oxygen atoms in total. The number of rotatable bonds is 9. The van der Waals surface area contributed by atoms with Crippen LogP contribution in [0.25, 0.3) is 0 Å². The van der Waals surface area contributed by atoms with E-state index in [0.29, 0.717) is 26.2 Å². The van der Waals surface area contributed by atoms with Crippen LogP contribution in [-0.2, 0) is 19.5 Å². The van der Waals surface area contributed by atoms with Crippen molar-refractivity contribution in [3.63, 3.8) is 0 Å².